The Morgan fingerprint density at radius 2 is 2.47 bits per heavy atom. The number of carbonyl (C=O) groups excluding carboxylic acids is 1. The number of hydrogen-bond donors (Lipinski definition) is 2. The van der Waals surface area contributed by atoms with Crippen molar-refractivity contribution < 1.29 is 9.53 Å². The minimum Gasteiger partial charge on any atom is -0.376 e. The average molecular weight is 214 g/mol. The van der Waals surface area contributed by atoms with E-state index in [1.807, 2.05) is 0 Å². The van der Waals surface area contributed by atoms with Crippen molar-refractivity contribution >= 4 is 5.91 Å². The Kier molecular flexibility index (Phi) is 5.65. The van der Waals surface area contributed by atoms with Crippen LogP contribution < -0.4 is 11.1 Å². The van der Waals surface area contributed by atoms with Crippen LogP contribution in [0.3, 0.4) is 0 Å². The molecule has 0 bridgehead atoms. The Morgan fingerprint density at radius 1 is 1.67 bits per heavy atom. The lowest BCUT2D eigenvalue weighted by Crippen LogP contribution is -2.38. The molecule has 2 unspecified atom stereocenters. The van der Waals surface area contributed by atoms with Crippen LogP contribution in [-0.2, 0) is 9.53 Å². The molecule has 1 fully saturated rings. The van der Waals surface area contributed by atoms with Crippen molar-refractivity contribution in [2.75, 3.05) is 19.7 Å². The summed E-state index contributed by atoms with van der Waals surface area (Å²) in [7, 11) is 0. The number of ether oxygens (including phenoxy) is 1. The minimum absolute atomic E-state index is 0.0311. The van der Waals surface area contributed by atoms with E-state index >= 15 is 0 Å². The number of carbonyl (C=O) groups is 1. The standard InChI is InChI=1S/C11H22N2O2/c1-2-4-9(7-12)11(14)13-8-10-5-3-6-15-10/h9-10H,2-8,12H2,1H3,(H,13,14). The lowest BCUT2D eigenvalue weighted by Gasteiger charge is -2.16. The van der Waals surface area contributed by atoms with Crippen LogP contribution in [-0.4, -0.2) is 31.7 Å². The van der Waals surface area contributed by atoms with Crippen molar-refractivity contribution in [3.63, 3.8) is 0 Å². The van der Waals surface area contributed by atoms with Gasteiger partial charge in [0.25, 0.3) is 0 Å². The van der Waals surface area contributed by atoms with Gasteiger partial charge in [-0.3, -0.25) is 4.79 Å². The minimum atomic E-state index is -0.0311. The molecule has 4 nitrogen and oxygen atoms in total. The van der Waals surface area contributed by atoms with Gasteiger partial charge in [0.05, 0.1) is 12.0 Å². The zero-order valence-electron chi connectivity index (χ0n) is 9.50. The first-order valence-electron chi connectivity index (χ1n) is 5.87. The molecule has 3 N–H and O–H groups in total. The third-order valence-corrected chi connectivity index (χ3v) is 2.82. The van der Waals surface area contributed by atoms with Crippen molar-refractivity contribution in [3.05, 3.63) is 0 Å². The molecule has 2 atom stereocenters. The maximum Gasteiger partial charge on any atom is 0.224 e. The summed E-state index contributed by atoms with van der Waals surface area (Å²) in [6.07, 6.45) is 4.24. The molecule has 0 saturated carbocycles. The van der Waals surface area contributed by atoms with E-state index in [4.69, 9.17) is 10.5 Å². The summed E-state index contributed by atoms with van der Waals surface area (Å²) in [4.78, 5) is 11.7. The van der Waals surface area contributed by atoms with Crippen molar-refractivity contribution in [2.24, 2.45) is 11.7 Å². The maximum atomic E-state index is 11.7. The first kappa shape index (κ1) is 12.5. The van der Waals surface area contributed by atoms with Gasteiger partial charge in [-0.05, 0) is 19.3 Å². The Morgan fingerprint density at radius 3 is 3.00 bits per heavy atom. The quantitative estimate of drug-likeness (QED) is 0.682. The molecular formula is C11H22N2O2. The van der Waals surface area contributed by atoms with Gasteiger partial charge in [0.2, 0.25) is 5.91 Å². The summed E-state index contributed by atoms with van der Waals surface area (Å²) < 4.78 is 5.43. The Labute approximate surface area is 91.5 Å². The zero-order valence-corrected chi connectivity index (χ0v) is 9.50. The Hall–Kier alpha value is -0.610. The number of amides is 1. The van der Waals surface area contributed by atoms with Gasteiger partial charge in [-0.25, -0.2) is 0 Å². The molecule has 0 aliphatic carbocycles. The average Bonchev–Trinajstić information content (AvgIpc) is 2.75. The molecule has 1 aliphatic rings. The lowest BCUT2D eigenvalue weighted by molar-refractivity contribution is -0.125. The number of nitrogens with two attached hydrogens (primary N) is 1. The van der Waals surface area contributed by atoms with Gasteiger partial charge in [0, 0.05) is 19.7 Å². The first-order chi connectivity index (χ1) is 7.27. The third-order valence-electron chi connectivity index (χ3n) is 2.82. The molecule has 4 heteroatoms. The highest BCUT2D eigenvalue weighted by Crippen LogP contribution is 2.11. The van der Waals surface area contributed by atoms with E-state index < -0.39 is 0 Å². The van der Waals surface area contributed by atoms with Gasteiger partial charge < -0.3 is 15.8 Å². The molecule has 1 heterocycles. The smallest absolute Gasteiger partial charge is 0.224 e. The molecule has 1 saturated heterocycles. The van der Waals surface area contributed by atoms with Gasteiger partial charge in [-0.1, -0.05) is 13.3 Å². The van der Waals surface area contributed by atoms with Crippen LogP contribution >= 0.6 is 0 Å². The molecule has 0 spiro atoms. The molecule has 1 rings (SSSR count). The van der Waals surface area contributed by atoms with Gasteiger partial charge in [0.15, 0.2) is 0 Å². The monoisotopic (exact) mass is 214 g/mol. The molecule has 1 aliphatic heterocycles. The highest BCUT2D eigenvalue weighted by atomic mass is 16.5. The van der Waals surface area contributed by atoms with E-state index in [-0.39, 0.29) is 17.9 Å². The van der Waals surface area contributed by atoms with Crippen molar-refractivity contribution in [2.45, 2.75) is 38.7 Å². The fourth-order valence-electron chi connectivity index (χ4n) is 1.87. The van der Waals surface area contributed by atoms with Crippen LogP contribution in [0.15, 0.2) is 0 Å². The van der Waals surface area contributed by atoms with Crippen LogP contribution in [0.25, 0.3) is 0 Å². The number of nitrogens with one attached hydrogen (secondary N) is 1. The molecular weight excluding hydrogens is 192 g/mol. The van der Waals surface area contributed by atoms with Crippen LogP contribution in [0.5, 0.6) is 0 Å². The van der Waals surface area contributed by atoms with Crippen LogP contribution in [0.4, 0.5) is 0 Å². The predicted octanol–water partition coefficient (Wildman–Crippen LogP) is 0.657. The van der Waals surface area contributed by atoms with Gasteiger partial charge in [-0.2, -0.15) is 0 Å². The molecule has 15 heavy (non-hydrogen) atoms. The van der Waals surface area contributed by atoms with E-state index in [9.17, 15) is 4.79 Å². The van der Waals surface area contributed by atoms with E-state index in [0.29, 0.717) is 13.1 Å². The molecule has 1 amide bonds. The molecule has 0 aromatic heterocycles. The van der Waals surface area contributed by atoms with Crippen LogP contribution in [0.1, 0.15) is 32.6 Å². The molecule has 0 aromatic rings. The molecule has 0 radical (unpaired) electrons. The first-order valence-corrected chi connectivity index (χ1v) is 5.87. The molecule has 88 valence electrons. The fourth-order valence-corrected chi connectivity index (χ4v) is 1.87. The summed E-state index contributed by atoms with van der Waals surface area (Å²) in [6, 6.07) is 0. The van der Waals surface area contributed by atoms with E-state index in [0.717, 1.165) is 32.3 Å². The second-order valence-corrected chi connectivity index (χ2v) is 4.10. The summed E-state index contributed by atoms with van der Waals surface area (Å²) >= 11 is 0. The van der Waals surface area contributed by atoms with Gasteiger partial charge >= 0.3 is 0 Å². The summed E-state index contributed by atoms with van der Waals surface area (Å²) in [6.45, 7) is 3.97. The largest absolute Gasteiger partial charge is 0.376 e. The third kappa shape index (κ3) is 4.18. The van der Waals surface area contributed by atoms with E-state index in [1.165, 1.54) is 0 Å². The summed E-state index contributed by atoms with van der Waals surface area (Å²) in [5.41, 5.74) is 5.55. The van der Waals surface area contributed by atoms with Crippen molar-refractivity contribution in [3.8, 4) is 0 Å². The zero-order chi connectivity index (χ0) is 11.1. The summed E-state index contributed by atoms with van der Waals surface area (Å²) in [5.74, 6) is 0.0475. The maximum absolute atomic E-state index is 11.7. The normalized spacial score (nSPS) is 22.7. The van der Waals surface area contributed by atoms with Gasteiger partial charge in [-0.15, -0.1) is 0 Å². The van der Waals surface area contributed by atoms with Crippen LogP contribution in [0, 0.1) is 5.92 Å². The topological polar surface area (TPSA) is 64.4 Å². The second kappa shape index (κ2) is 6.80. The predicted molar refractivity (Wildman–Crippen MR) is 59.4 cm³/mol. The summed E-state index contributed by atoms with van der Waals surface area (Å²) in [5, 5.41) is 2.92. The van der Waals surface area contributed by atoms with Crippen LogP contribution in [0.2, 0.25) is 0 Å². The number of hydrogen-bond acceptors (Lipinski definition) is 3. The highest BCUT2D eigenvalue weighted by Gasteiger charge is 2.19. The van der Waals surface area contributed by atoms with E-state index in [1.54, 1.807) is 0 Å². The second-order valence-electron chi connectivity index (χ2n) is 4.10. The Balaban J connectivity index is 2.20. The Bertz CT molecular complexity index is 191. The SMILES string of the molecule is CCCC(CN)C(=O)NCC1CCCO1. The van der Waals surface area contributed by atoms with E-state index in [2.05, 4.69) is 12.2 Å². The fraction of sp³-hybridized carbons (Fsp3) is 0.909. The van der Waals surface area contributed by atoms with Crippen molar-refractivity contribution in [1.29, 1.82) is 0 Å². The highest BCUT2D eigenvalue weighted by molar-refractivity contribution is 5.78. The van der Waals surface area contributed by atoms with Crippen molar-refractivity contribution in [1.82, 2.24) is 5.32 Å². The van der Waals surface area contributed by atoms with Gasteiger partial charge in [0.1, 0.15) is 0 Å². The molecule has 0 aromatic carbocycles. The number of rotatable bonds is 6. The lowest BCUT2D eigenvalue weighted by atomic mass is 10.0.